The summed E-state index contributed by atoms with van der Waals surface area (Å²) in [4.78, 5) is 1.99. The zero-order chi connectivity index (χ0) is 16.1. The van der Waals surface area contributed by atoms with Crippen LogP contribution in [0.1, 0.15) is 18.2 Å². The summed E-state index contributed by atoms with van der Waals surface area (Å²) in [6, 6.07) is 7.72. The summed E-state index contributed by atoms with van der Waals surface area (Å²) >= 11 is 5.48. The van der Waals surface area contributed by atoms with Crippen molar-refractivity contribution in [3.05, 3.63) is 41.7 Å². The Kier molecular flexibility index (Phi) is 5.38. The van der Waals surface area contributed by atoms with Crippen LogP contribution in [0.4, 0.5) is 5.69 Å². The second-order valence-corrected chi connectivity index (χ2v) is 5.47. The first-order valence-electron chi connectivity index (χ1n) is 7.23. The summed E-state index contributed by atoms with van der Waals surface area (Å²) in [6.45, 7) is 5.68. The van der Waals surface area contributed by atoms with Gasteiger partial charge in [0.15, 0.2) is 5.11 Å². The number of rotatable bonds is 5. The van der Waals surface area contributed by atoms with Gasteiger partial charge in [0.1, 0.15) is 5.75 Å². The number of para-hydroxylation sites is 2. The van der Waals surface area contributed by atoms with E-state index in [4.69, 9.17) is 17.0 Å². The van der Waals surface area contributed by atoms with Crippen molar-refractivity contribution in [1.82, 2.24) is 14.7 Å². The number of hydrogen-bond acceptors (Lipinski definition) is 3. The molecule has 0 bridgehead atoms. The number of nitrogens with one attached hydrogen (secondary N) is 1. The van der Waals surface area contributed by atoms with Crippen LogP contribution in [0.3, 0.4) is 0 Å². The third-order valence-electron chi connectivity index (χ3n) is 3.47. The van der Waals surface area contributed by atoms with Gasteiger partial charge in [-0.25, -0.2) is 0 Å². The van der Waals surface area contributed by atoms with E-state index in [9.17, 15) is 0 Å². The van der Waals surface area contributed by atoms with Gasteiger partial charge in [-0.15, -0.1) is 0 Å². The molecule has 0 saturated carbocycles. The normalized spacial score (nSPS) is 10.4. The largest absolute Gasteiger partial charge is 0.495 e. The van der Waals surface area contributed by atoms with Crippen molar-refractivity contribution < 1.29 is 4.74 Å². The second-order valence-electron chi connectivity index (χ2n) is 5.08. The standard InChI is InChI=1S/C16H22N4OS/c1-5-20-11-13(12(2)18-20)10-19(3)16(22)17-14-8-6-7-9-15(14)21-4/h6-9,11H,5,10H2,1-4H3,(H,17,22). The van der Waals surface area contributed by atoms with Gasteiger partial charge in [-0.2, -0.15) is 5.10 Å². The maximum absolute atomic E-state index is 5.48. The second kappa shape index (κ2) is 7.26. The molecule has 0 saturated heterocycles. The molecule has 0 fully saturated rings. The molecule has 6 heteroatoms. The minimum Gasteiger partial charge on any atom is -0.495 e. The van der Waals surface area contributed by atoms with E-state index in [1.165, 1.54) is 5.56 Å². The Morgan fingerprint density at radius 1 is 1.41 bits per heavy atom. The van der Waals surface area contributed by atoms with E-state index in [-0.39, 0.29) is 0 Å². The number of aryl methyl sites for hydroxylation is 2. The molecule has 2 rings (SSSR count). The molecule has 1 aromatic heterocycles. The molecule has 0 unspecified atom stereocenters. The first-order chi connectivity index (χ1) is 10.5. The molecule has 1 heterocycles. The molecule has 22 heavy (non-hydrogen) atoms. The quantitative estimate of drug-likeness (QED) is 0.858. The van der Waals surface area contributed by atoms with Crippen molar-refractivity contribution in [2.45, 2.75) is 26.9 Å². The van der Waals surface area contributed by atoms with Gasteiger partial charge in [-0.05, 0) is 38.2 Å². The Balaban J connectivity index is 2.04. The summed E-state index contributed by atoms with van der Waals surface area (Å²) in [5, 5.41) is 8.33. The Morgan fingerprint density at radius 3 is 2.77 bits per heavy atom. The van der Waals surface area contributed by atoms with Crippen LogP contribution in [0.15, 0.2) is 30.5 Å². The summed E-state index contributed by atoms with van der Waals surface area (Å²) in [6.07, 6.45) is 2.07. The van der Waals surface area contributed by atoms with Gasteiger partial charge in [0.05, 0.1) is 18.5 Å². The minimum absolute atomic E-state index is 0.646. The maximum Gasteiger partial charge on any atom is 0.173 e. The minimum atomic E-state index is 0.646. The number of thiocarbonyl (C=S) groups is 1. The topological polar surface area (TPSA) is 42.3 Å². The number of aromatic nitrogens is 2. The number of ether oxygens (including phenoxy) is 1. The highest BCUT2D eigenvalue weighted by Gasteiger charge is 2.11. The zero-order valence-corrected chi connectivity index (χ0v) is 14.3. The van der Waals surface area contributed by atoms with E-state index in [0.29, 0.717) is 11.7 Å². The fraction of sp³-hybridized carbons (Fsp3) is 0.375. The maximum atomic E-state index is 5.48. The van der Waals surface area contributed by atoms with E-state index in [1.807, 2.05) is 47.8 Å². The predicted octanol–water partition coefficient (Wildman–Crippen LogP) is 3.05. The van der Waals surface area contributed by atoms with Crippen LogP contribution < -0.4 is 10.1 Å². The molecule has 0 amide bonds. The van der Waals surface area contributed by atoms with Gasteiger partial charge in [0.2, 0.25) is 0 Å². The summed E-state index contributed by atoms with van der Waals surface area (Å²) in [5.74, 6) is 0.772. The molecule has 0 aliphatic rings. The van der Waals surface area contributed by atoms with Crippen molar-refractivity contribution >= 4 is 23.0 Å². The molecular formula is C16H22N4OS. The Labute approximate surface area is 136 Å². The highest BCUT2D eigenvalue weighted by Crippen LogP contribution is 2.23. The lowest BCUT2D eigenvalue weighted by Crippen LogP contribution is -2.30. The molecule has 1 N–H and O–H groups in total. The molecule has 118 valence electrons. The lowest BCUT2D eigenvalue weighted by atomic mass is 10.2. The monoisotopic (exact) mass is 318 g/mol. The van der Waals surface area contributed by atoms with Gasteiger partial charge >= 0.3 is 0 Å². The number of nitrogens with zero attached hydrogens (tertiary/aromatic N) is 3. The van der Waals surface area contributed by atoms with Crippen molar-refractivity contribution in [3.63, 3.8) is 0 Å². The van der Waals surface area contributed by atoms with Crippen LogP contribution >= 0.6 is 12.2 Å². The van der Waals surface area contributed by atoms with E-state index in [0.717, 1.165) is 23.7 Å². The molecule has 0 aliphatic carbocycles. The van der Waals surface area contributed by atoms with E-state index >= 15 is 0 Å². The van der Waals surface area contributed by atoms with E-state index in [1.54, 1.807) is 7.11 Å². The fourth-order valence-electron chi connectivity index (χ4n) is 2.16. The lowest BCUT2D eigenvalue weighted by molar-refractivity contribution is 0.416. The third kappa shape index (κ3) is 3.76. The molecule has 0 radical (unpaired) electrons. The van der Waals surface area contributed by atoms with Gasteiger partial charge in [-0.3, -0.25) is 4.68 Å². The van der Waals surface area contributed by atoms with Crippen molar-refractivity contribution in [2.75, 3.05) is 19.5 Å². The molecule has 0 spiro atoms. The van der Waals surface area contributed by atoms with Crippen LogP contribution in [0.2, 0.25) is 0 Å². The number of anilines is 1. The number of hydrogen-bond donors (Lipinski definition) is 1. The zero-order valence-electron chi connectivity index (χ0n) is 13.5. The molecule has 2 aromatic rings. The van der Waals surface area contributed by atoms with Crippen LogP contribution in [-0.4, -0.2) is 34.0 Å². The van der Waals surface area contributed by atoms with Crippen molar-refractivity contribution in [1.29, 1.82) is 0 Å². The summed E-state index contributed by atoms with van der Waals surface area (Å²) in [5.41, 5.74) is 3.07. The van der Waals surface area contributed by atoms with Gasteiger partial charge in [-0.1, -0.05) is 12.1 Å². The Morgan fingerprint density at radius 2 is 2.14 bits per heavy atom. The van der Waals surface area contributed by atoms with Crippen molar-refractivity contribution in [2.24, 2.45) is 0 Å². The lowest BCUT2D eigenvalue weighted by Gasteiger charge is -2.21. The average Bonchev–Trinajstić information content (AvgIpc) is 2.88. The highest BCUT2D eigenvalue weighted by molar-refractivity contribution is 7.80. The Hall–Kier alpha value is -2.08. The number of benzene rings is 1. The first-order valence-corrected chi connectivity index (χ1v) is 7.64. The Bertz CT molecular complexity index is 653. The van der Waals surface area contributed by atoms with Crippen LogP contribution in [0, 0.1) is 6.92 Å². The molecule has 1 aromatic carbocycles. The van der Waals surface area contributed by atoms with Gasteiger partial charge in [0.25, 0.3) is 0 Å². The SMILES string of the molecule is CCn1cc(CN(C)C(=S)Nc2ccccc2OC)c(C)n1. The highest BCUT2D eigenvalue weighted by atomic mass is 32.1. The van der Waals surface area contributed by atoms with E-state index in [2.05, 4.69) is 23.5 Å². The van der Waals surface area contributed by atoms with Crippen molar-refractivity contribution in [3.8, 4) is 5.75 Å². The van der Waals surface area contributed by atoms with E-state index < -0.39 is 0 Å². The fourth-order valence-corrected chi connectivity index (χ4v) is 2.34. The first kappa shape index (κ1) is 16.3. The summed E-state index contributed by atoms with van der Waals surface area (Å²) in [7, 11) is 3.61. The van der Waals surface area contributed by atoms with Gasteiger partial charge in [0, 0.05) is 31.9 Å². The van der Waals surface area contributed by atoms with Gasteiger partial charge < -0.3 is 15.0 Å². The molecule has 0 aliphatic heterocycles. The summed E-state index contributed by atoms with van der Waals surface area (Å²) < 4.78 is 7.27. The average molecular weight is 318 g/mol. The molecular weight excluding hydrogens is 296 g/mol. The van der Waals surface area contributed by atoms with Crippen LogP contribution in [-0.2, 0) is 13.1 Å². The third-order valence-corrected chi connectivity index (χ3v) is 3.89. The molecule has 0 atom stereocenters. The van der Waals surface area contributed by atoms with Crippen LogP contribution in [0.25, 0.3) is 0 Å². The number of methoxy groups -OCH3 is 1. The molecule has 5 nitrogen and oxygen atoms in total. The predicted molar refractivity (Wildman–Crippen MR) is 93.3 cm³/mol. The van der Waals surface area contributed by atoms with Crippen LogP contribution in [0.5, 0.6) is 5.75 Å². The smallest absolute Gasteiger partial charge is 0.173 e.